The van der Waals surface area contributed by atoms with E-state index in [1.807, 2.05) is 0 Å². The van der Waals surface area contributed by atoms with E-state index in [4.69, 9.17) is 16.3 Å². The van der Waals surface area contributed by atoms with Crippen LogP contribution in [0.25, 0.3) is 0 Å². The molecular formula is C13H10BrClN2O2. The zero-order valence-electron chi connectivity index (χ0n) is 9.98. The molecular weight excluding hydrogens is 332 g/mol. The Morgan fingerprint density at radius 1 is 1.42 bits per heavy atom. The van der Waals surface area contributed by atoms with Gasteiger partial charge in [0.05, 0.1) is 12.1 Å². The van der Waals surface area contributed by atoms with E-state index in [0.717, 1.165) is 4.47 Å². The number of carbonyl (C=O) groups is 1. The van der Waals surface area contributed by atoms with E-state index in [2.05, 4.69) is 26.2 Å². The van der Waals surface area contributed by atoms with Crippen molar-refractivity contribution in [3.05, 3.63) is 51.6 Å². The van der Waals surface area contributed by atoms with Crippen LogP contribution in [0.2, 0.25) is 5.02 Å². The Morgan fingerprint density at radius 3 is 2.89 bits per heavy atom. The molecule has 0 aliphatic carbocycles. The number of aromatic nitrogens is 1. The second-order valence-corrected chi connectivity index (χ2v) is 4.90. The number of hydrogen-bond acceptors (Lipinski definition) is 3. The molecule has 0 bridgehead atoms. The first-order valence-corrected chi connectivity index (χ1v) is 6.54. The Kier molecular flexibility index (Phi) is 4.39. The van der Waals surface area contributed by atoms with Crippen molar-refractivity contribution in [1.82, 2.24) is 4.98 Å². The third-order valence-electron chi connectivity index (χ3n) is 2.39. The molecule has 1 aromatic carbocycles. The van der Waals surface area contributed by atoms with Crippen LogP contribution in [0.4, 0.5) is 5.69 Å². The Labute approximate surface area is 123 Å². The summed E-state index contributed by atoms with van der Waals surface area (Å²) in [4.78, 5) is 16.1. The van der Waals surface area contributed by atoms with Crippen molar-refractivity contribution in [2.45, 2.75) is 0 Å². The molecule has 0 aliphatic heterocycles. The minimum absolute atomic E-state index is 0.281. The highest BCUT2D eigenvalue weighted by Crippen LogP contribution is 2.26. The maximum atomic E-state index is 12.1. The summed E-state index contributed by atoms with van der Waals surface area (Å²) in [6, 6.07) is 8.48. The van der Waals surface area contributed by atoms with Crippen LogP contribution in [0, 0.1) is 0 Å². The SMILES string of the molecule is COc1ncccc1C(=O)Nc1ccc(Br)c(Cl)c1. The fourth-order valence-corrected chi connectivity index (χ4v) is 1.93. The molecule has 0 fully saturated rings. The monoisotopic (exact) mass is 340 g/mol. The summed E-state index contributed by atoms with van der Waals surface area (Å²) in [5.74, 6) is -0.0217. The molecule has 0 saturated carbocycles. The van der Waals surface area contributed by atoms with Crippen LogP contribution in [-0.2, 0) is 0 Å². The lowest BCUT2D eigenvalue weighted by Crippen LogP contribution is -2.13. The van der Waals surface area contributed by atoms with Gasteiger partial charge in [0.15, 0.2) is 0 Å². The van der Waals surface area contributed by atoms with Crippen LogP contribution in [0.1, 0.15) is 10.4 Å². The van der Waals surface area contributed by atoms with Gasteiger partial charge in [-0.3, -0.25) is 4.79 Å². The van der Waals surface area contributed by atoms with Gasteiger partial charge in [-0.1, -0.05) is 11.6 Å². The van der Waals surface area contributed by atoms with Gasteiger partial charge >= 0.3 is 0 Å². The quantitative estimate of drug-likeness (QED) is 0.925. The van der Waals surface area contributed by atoms with Crippen molar-refractivity contribution in [2.24, 2.45) is 0 Å². The first-order valence-electron chi connectivity index (χ1n) is 5.37. The third kappa shape index (κ3) is 3.24. The molecule has 0 saturated heterocycles. The van der Waals surface area contributed by atoms with Gasteiger partial charge in [0.1, 0.15) is 5.56 Å². The fraction of sp³-hybridized carbons (Fsp3) is 0.0769. The van der Waals surface area contributed by atoms with Gasteiger partial charge in [-0.05, 0) is 46.3 Å². The molecule has 0 atom stereocenters. The Morgan fingerprint density at radius 2 is 2.21 bits per heavy atom. The number of rotatable bonds is 3. The maximum absolute atomic E-state index is 12.1. The summed E-state index contributed by atoms with van der Waals surface area (Å²) < 4.78 is 5.81. The predicted molar refractivity (Wildman–Crippen MR) is 77.9 cm³/mol. The molecule has 1 amide bonds. The average Bonchev–Trinajstić information content (AvgIpc) is 2.43. The molecule has 2 aromatic rings. The van der Waals surface area contributed by atoms with Crippen LogP contribution in [-0.4, -0.2) is 18.0 Å². The Balaban J connectivity index is 2.23. The van der Waals surface area contributed by atoms with E-state index < -0.39 is 0 Å². The standard InChI is InChI=1S/C13H10BrClN2O2/c1-19-13-9(3-2-6-16-13)12(18)17-8-4-5-10(14)11(15)7-8/h2-7H,1H3,(H,17,18). The summed E-state index contributed by atoms with van der Waals surface area (Å²) in [5.41, 5.74) is 0.966. The van der Waals surface area contributed by atoms with Crippen molar-refractivity contribution < 1.29 is 9.53 Å². The fourth-order valence-electron chi connectivity index (χ4n) is 1.50. The van der Waals surface area contributed by atoms with E-state index in [1.54, 1.807) is 36.5 Å². The number of nitrogens with zero attached hydrogens (tertiary/aromatic N) is 1. The number of halogens is 2. The number of nitrogens with one attached hydrogen (secondary N) is 1. The number of benzene rings is 1. The first-order chi connectivity index (χ1) is 9.11. The summed E-state index contributed by atoms with van der Waals surface area (Å²) >= 11 is 9.26. The summed E-state index contributed by atoms with van der Waals surface area (Å²) in [7, 11) is 1.47. The van der Waals surface area contributed by atoms with Crippen LogP contribution in [0.5, 0.6) is 5.88 Å². The van der Waals surface area contributed by atoms with Gasteiger partial charge in [0.25, 0.3) is 5.91 Å². The van der Waals surface area contributed by atoms with E-state index in [1.165, 1.54) is 7.11 Å². The van der Waals surface area contributed by atoms with Gasteiger partial charge in [-0.2, -0.15) is 0 Å². The zero-order chi connectivity index (χ0) is 13.8. The second kappa shape index (κ2) is 6.04. The second-order valence-electron chi connectivity index (χ2n) is 3.64. The highest BCUT2D eigenvalue weighted by molar-refractivity contribution is 9.10. The molecule has 2 rings (SSSR count). The molecule has 6 heteroatoms. The number of anilines is 1. The third-order valence-corrected chi connectivity index (χ3v) is 3.62. The van der Waals surface area contributed by atoms with Gasteiger partial charge in [-0.15, -0.1) is 0 Å². The summed E-state index contributed by atoms with van der Waals surface area (Å²) in [6.45, 7) is 0. The Hall–Kier alpha value is -1.59. The van der Waals surface area contributed by atoms with E-state index >= 15 is 0 Å². The van der Waals surface area contributed by atoms with Crippen molar-refractivity contribution in [3.63, 3.8) is 0 Å². The maximum Gasteiger partial charge on any atom is 0.261 e. The number of amides is 1. The number of carbonyl (C=O) groups excluding carboxylic acids is 1. The van der Waals surface area contributed by atoms with E-state index in [9.17, 15) is 4.79 Å². The molecule has 4 nitrogen and oxygen atoms in total. The topological polar surface area (TPSA) is 51.2 Å². The molecule has 0 spiro atoms. The number of ether oxygens (including phenoxy) is 1. The number of hydrogen-bond donors (Lipinski definition) is 1. The van der Waals surface area contributed by atoms with Crippen molar-refractivity contribution in [2.75, 3.05) is 12.4 Å². The average molecular weight is 342 g/mol. The zero-order valence-corrected chi connectivity index (χ0v) is 12.3. The van der Waals surface area contributed by atoms with Gasteiger partial charge in [0.2, 0.25) is 5.88 Å². The first kappa shape index (κ1) is 13.8. The van der Waals surface area contributed by atoms with E-state index in [0.29, 0.717) is 16.3 Å². The van der Waals surface area contributed by atoms with Crippen molar-refractivity contribution >= 4 is 39.1 Å². The van der Waals surface area contributed by atoms with Gasteiger partial charge in [0, 0.05) is 16.4 Å². The van der Waals surface area contributed by atoms with E-state index in [-0.39, 0.29) is 11.8 Å². The highest BCUT2D eigenvalue weighted by Gasteiger charge is 2.13. The van der Waals surface area contributed by atoms with Gasteiger partial charge < -0.3 is 10.1 Å². The lowest BCUT2D eigenvalue weighted by Gasteiger charge is -2.08. The number of methoxy groups -OCH3 is 1. The van der Waals surface area contributed by atoms with Gasteiger partial charge in [-0.25, -0.2) is 4.98 Å². The highest BCUT2D eigenvalue weighted by atomic mass is 79.9. The predicted octanol–water partition coefficient (Wildman–Crippen LogP) is 3.76. The largest absolute Gasteiger partial charge is 0.480 e. The van der Waals surface area contributed by atoms with Crippen LogP contribution < -0.4 is 10.1 Å². The summed E-state index contributed by atoms with van der Waals surface area (Å²) in [5, 5.41) is 3.26. The molecule has 19 heavy (non-hydrogen) atoms. The molecule has 1 heterocycles. The molecule has 98 valence electrons. The molecule has 0 unspecified atom stereocenters. The number of pyridine rings is 1. The minimum Gasteiger partial charge on any atom is -0.480 e. The summed E-state index contributed by atoms with van der Waals surface area (Å²) in [6.07, 6.45) is 1.56. The smallest absolute Gasteiger partial charge is 0.261 e. The lowest BCUT2D eigenvalue weighted by atomic mass is 10.2. The normalized spacial score (nSPS) is 10.1. The molecule has 0 aliphatic rings. The minimum atomic E-state index is -0.302. The van der Waals surface area contributed by atoms with Crippen LogP contribution in [0.15, 0.2) is 41.0 Å². The molecule has 0 radical (unpaired) electrons. The lowest BCUT2D eigenvalue weighted by molar-refractivity contribution is 0.102. The van der Waals surface area contributed by atoms with Crippen molar-refractivity contribution in [1.29, 1.82) is 0 Å². The molecule has 1 N–H and O–H groups in total. The van der Waals surface area contributed by atoms with Crippen molar-refractivity contribution in [3.8, 4) is 5.88 Å². The molecule has 1 aromatic heterocycles. The van der Waals surface area contributed by atoms with Crippen LogP contribution in [0.3, 0.4) is 0 Å². The van der Waals surface area contributed by atoms with Crippen LogP contribution >= 0.6 is 27.5 Å². The Bertz CT molecular complexity index is 619.